The first-order valence-corrected chi connectivity index (χ1v) is 8.28. The number of fused-ring (bicyclic) bond motifs is 1. The van der Waals surface area contributed by atoms with Crippen molar-refractivity contribution in [1.29, 1.82) is 0 Å². The van der Waals surface area contributed by atoms with Crippen LogP contribution in [0.1, 0.15) is 40.1 Å². The van der Waals surface area contributed by atoms with Gasteiger partial charge in [0.25, 0.3) is 0 Å². The Balaban J connectivity index is 1.78. The lowest BCUT2D eigenvalue weighted by Gasteiger charge is -2.13. The lowest BCUT2D eigenvalue weighted by molar-refractivity contribution is 0.0320. The summed E-state index contributed by atoms with van der Waals surface area (Å²) in [6, 6.07) is 16.2. The molecule has 3 aromatic rings. The van der Waals surface area contributed by atoms with Crippen LogP contribution in [0.2, 0.25) is 0 Å². The number of Topliss-reactive ketones (excluding diaryl/α,β-unsaturated/α-hetero) is 1. The molecule has 0 saturated carbocycles. The van der Waals surface area contributed by atoms with Crippen molar-refractivity contribution in [2.24, 2.45) is 0 Å². The molecule has 0 amide bonds. The summed E-state index contributed by atoms with van der Waals surface area (Å²) >= 11 is 0. The first kappa shape index (κ1) is 16.8. The van der Waals surface area contributed by atoms with Crippen LogP contribution in [0.5, 0.6) is 0 Å². The molecule has 0 aliphatic carbocycles. The maximum Gasteiger partial charge on any atom is 0.339 e. The van der Waals surface area contributed by atoms with E-state index in [0.29, 0.717) is 22.0 Å². The maximum atomic E-state index is 12.5. The zero-order valence-electron chi connectivity index (χ0n) is 14.2. The minimum absolute atomic E-state index is 0.214. The molecule has 0 N–H and O–H groups in total. The summed E-state index contributed by atoms with van der Waals surface area (Å²) in [6.45, 7) is 3.65. The highest BCUT2D eigenvalue weighted by Gasteiger charge is 2.21. The molecular formula is C21H19NO3. The summed E-state index contributed by atoms with van der Waals surface area (Å²) in [6.07, 6.45) is 1.73. The average molecular weight is 333 g/mol. The molecule has 3 rings (SSSR count). The van der Waals surface area contributed by atoms with Crippen molar-refractivity contribution in [2.75, 3.05) is 0 Å². The standard InChI is InChI=1S/C21H19NO3/c1-3-15-9-11-16(12-10-15)20(23)14(2)25-21(24)18-6-4-8-19-17(18)7-5-13-22-19/h4-14H,3H2,1-2H3. The first-order valence-electron chi connectivity index (χ1n) is 8.28. The van der Waals surface area contributed by atoms with Crippen LogP contribution in [0.4, 0.5) is 0 Å². The summed E-state index contributed by atoms with van der Waals surface area (Å²) in [4.78, 5) is 29.2. The number of hydrogen-bond acceptors (Lipinski definition) is 4. The van der Waals surface area contributed by atoms with E-state index >= 15 is 0 Å². The Bertz CT molecular complexity index is 911. The number of benzene rings is 2. The van der Waals surface area contributed by atoms with Crippen LogP contribution in [-0.2, 0) is 11.2 Å². The zero-order valence-corrected chi connectivity index (χ0v) is 14.2. The minimum Gasteiger partial charge on any atom is -0.451 e. The molecule has 0 spiro atoms. The topological polar surface area (TPSA) is 56.3 Å². The molecule has 2 aromatic carbocycles. The second-order valence-corrected chi connectivity index (χ2v) is 5.84. The molecule has 1 unspecified atom stereocenters. The molecule has 1 atom stereocenters. The van der Waals surface area contributed by atoms with Gasteiger partial charge in [0.05, 0.1) is 11.1 Å². The van der Waals surface area contributed by atoms with Crippen LogP contribution >= 0.6 is 0 Å². The van der Waals surface area contributed by atoms with Gasteiger partial charge in [-0.15, -0.1) is 0 Å². The summed E-state index contributed by atoms with van der Waals surface area (Å²) in [5, 5.41) is 0.710. The number of aryl methyl sites for hydroxylation is 1. The van der Waals surface area contributed by atoms with Gasteiger partial charge in [-0.3, -0.25) is 9.78 Å². The van der Waals surface area contributed by atoms with Crippen molar-refractivity contribution in [3.8, 4) is 0 Å². The summed E-state index contributed by atoms with van der Waals surface area (Å²) in [7, 11) is 0. The predicted octanol–water partition coefficient (Wildman–Crippen LogP) is 4.23. The number of carbonyl (C=O) groups is 2. The highest BCUT2D eigenvalue weighted by atomic mass is 16.5. The number of esters is 1. The number of pyridine rings is 1. The number of ether oxygens (including phenoxy) is 1. The quantitative estimate of drug-likeness (QED) is 0.518. The van der Waals surface area contributed by atoms with Gasteiger partial charge in [0.2, 0.25) is 5.78 Å². The molecule has 126 valence electrons. The Morgan fingerprint density at radius 2 is 1.80 bits per heavy atom. The molecule has 4 nitrogen and oxygen atoms in total. The van der Waals surface area contributed by atoms with Crippen LogP contribution in [0.3, 0.4) is 0 Å². The smallest absolute Gasteiger partial charge is 0.339 e. The van der Waals surface area contributed by atoms with Gasteiger partial charge in [-0.05, 0) is 37.1 Å². The fourth-order valence-electron chi connectivity index (χ4n) is 2.70. The van der Waals surface area contributed by atoms with E-state index in [2.05, 4.69) is 11.9 Å². The second-order valence-electron chi connectivity index (χ2n) is 5.84. The van der Waals surface area contributed by atoms with Gasteiger partial charge in [-0.1, -0.05) is 43.3 Å². The Morgan fingerprint density at radius 3 is 2.52 bits per heavy atom. The molecule has 0 aliphatic rings. The highest BCUT2D eigenvalue weighted by molar-refractivity contribution is 6.05. The number of carbonyl (C=O) groups excluding carboxylic acids is 2. The molecule has 0 radical (unpaired) electrons. The third-order valence-electron chi connectivity index (χ3n) is 4.17. The summed E-state index contributed by atoms with van der Waals surface area (Å²) in [5.41, 5.74) is 2.82. The van der Waals surface area contributed by atoms with Crippen molar-refractivity contribution in [3.05, 3.63) is 77.5 Å². The van der Waals surface area contributed by atoms with E-state index in [4.69, 9.17) is 4.74 Å². The van der Waals surface area contributed by atoms with Gasteiger partial charge in [-0.2, -0.15) is 0 Å². The van der Waals surface area contributed by atoms with Crippen molar-refractivity contribution < 1.29 is 14.3 Å². The molecule has 1 aromatic heterocycles. The number of rotatable bonds is 5. The second kappa shape index (κ2) is 7.26. The molecule has 0 aliphatic heterocycles. The average Bonchev–Trinajstić information content (AvgIpc) is 2.66. The number of ketones is 1. The normalized spacial score (nSPS) is 11.9. The first-order chi connectivity index (χ1) is 12.1. The SMILES string of the molecule is CCc1ccc(C(=O)C(C)OC(=O)c2cccc3ncccc23)cc1. The summed E-state index contributed by atoms with van der Waals surface area (Å²) < 4.78 is 5.40. The Kier molecular flexibility index (Phi) is 4.89. The van der Waals surface area contributed by atoms with E-state index in [9.17, 15) is 9.59 Å². The van der Waals surface area contributed by atoms with Crippen LogP contribution < -0.4 is 0 Å². The van der Waals surface area contributed by atoms with Gasteiger partial charge in [0.15, 0.2) is 6.10 Å². The predicted molar refractivity (Wildman–Crippen MR) is 96.8 cm³/mol. The largest absolute Gasteiger partial charge is 0.451 e. The van der Waals surface area contributed by atoms with E-state index in [1.807, 2.05) is 24.3 Å². The molecule has 4 heteroatoms. The lowest BCUT2D eigenvalue weighted by atomic mass is 10.0. The molecule has 0 saturated heterocycles. The third kappa shape index (κ3) is 3.58. The van der Waals surface area contributed by atoms with Crippen molar-refractivity contribution in [1.82, 2.24) is 4.98 Å². The van der Waals surface area contributed by atoms with Crippen molar-refractivity contribution in [3.63, 3.8) is 0 Å². The number of nitrogens with zero attached hydrogens (tertiary/aromatic N) is 1. The highest BCUT2D eigenvalue weighted by Crippen LogP contribution is 2.18. The van der Waals surface area contributed by atoms with Crippen LogP contribution in [0, 0.1) is 0 Å². The van der Waals surface area contributed by atoms with Gasteiger partial charge in [0, 0.05) is 17.1 Å². The fraction of sp³-hybridized carbons (Fsp3) is 0.190. The van der Waals surface area contributed by atoms with Gasteiger partial charge < -0.3 is 4.74 Å². The summed E-state index contributed by atoms with van der Waals surface area (Å²) in [5.74, 6) is -0.737. The Morgan fingerprint density at radius 1 is 1.04 bits per heavy atom. The molecular weight excluding hydrogens is 314 g/mol. The van der Waals surface area contributed by atoms with E-state index in [1.54, 1.807) is 43.5 Å². The van der Waals surface area contributed by atoms with E-state index < -0.39 is 12.1 Å². The van der Waals surface area contributed by atoms with Gasteiger partial charge in [-0.25, -0.2) is 4.79 Å². The maximum absolute atomic E-state index is 12.5. The zero-order chi connectivity index (χ0) is 17.8. The van der Waals surface area contributed by atoms with Crippen LogP contribution in [-0.4, -0.2) is 22.8 Å². The molecule has 25 heavy (non-hydrogen) atoms. The number of hydrogen-bond donors (Lipinski definition) is 0. The van der Waals surface area contributed by atoms with Gasteiger partial charge in [0.1, 0.15) is 0 Å². The Hall–Kier alpha value is -3.01. The third-order valence-corrected chi connectivity index (χ3v) is 4.17. The van der Waals surface area contributed by atoms with E-state index in [1.165, 1.54) is 0 Å². The van der Waals surface area contributed by atoms with Crippen molar-refractivity contribution in [2.45, 2.75) is 26.4 Å². The molecule has 0 fully saturated rings. The van der Waals surface area contributed by atoms with Crippen LogP contribution in [0.25, 0.3) is 10.9 Å². The molecule has 1 heterocycles. The lowest BCUT2D eigenvalue weighted by Crippen LogP contribution is -2.24. The van der Waals surface area contributed by atoms with Crippen LogP contribution in [0.15, 0.2) is 60.8 Å². The van der Waals surface area contributed by atoms with E-state index in [0.717, 1.165) is 12.0 Å². The Labute approximate surface area is 146 Å². The van der Waals surface area contributed by atoms with E-state index in [-0.39, 0.29) is 5.78 Å². The monoisotopic (exact) mass is 333 g/mol. The number of aromatic nitrogens is 1. The molecule has 0 bridgehead atoms. The minimum atomic E-state index is -0.855. The van der Waals surface area contributed by atoms with Gasteiger partial charge >= 0.3 is 5.97 Å². The fourth-order valence-corrected chi connectivity index (χ4v) is 2.70. The van der Waals surface area contributed by atoms with Crippen molar-refractivity contribution >= 4 is 22.7 Å².